The van der Waals surface area contributed by atoms with Crippen molar-refractivity contribution in [3.8, 4) is 0 Å². The van der Waals surface area contributed by atoms with Gasteiger partial charge in [0.1, 0.15) is 11.6 Å². The molecule has 0 unspecified atom stereocenters. The molecular weight excluding hydrogens is 280 g/mol. The monoisotopic (exact) mass is 299 g/mol. The average molecular weight is 299 g/mol. The second kappa shape index (κ2) is 8.31. The maximum atomic E-state index is 13.5. The zero-order valence-corrected chi connectivity index (χ0v) is 12.0. The predicted molar refractivity (Wildman–Crippen MR) is 74.5 cm³/mol. The Labute approximate surface area is 122 Å². The Morgan fingerprint density at radius 1 is 1.14 bits per heavy atom. The normalized spacial score (nSPS) is 11.8. The van der Waals surface area contributed by atoms with Crippen LogP contribution in [0.3, 0.4) is 0 Å². The van der Waals surface area contributed by atoms with Gasteiger partial charge in [0.05, 0.1) is 13.1 Å². The minimum absolute atomic E-state index is 0.0720. The van der Waals surface area contributed by atoms with Gasteiger partial charge in [0.2, 0.25) is 11.8 Å². The van der Waals surface area contributed by atoms with E-state index in [4.69, 9.17) is 0 Å². The lowest BCUT2D eigenvalue weighted by atomic mass is 10.1. The summed E-state index contributed by atoms with van der Waals surface area (Å²) in [4.78, 5) is 22.7. The van der Waals surface area contributed by atoms with Crippen LogP contribution in [0.15, 0.2) is 18.2 Å². The van der Waals surface area contributed by atoms with Gasteiger partial charge in [-0.25, -0.2) is 8.78 Å². The molecule has 0 saturated carbocycles. The van der Waals surface area contributed by atoms with Crippen LogP contribution in [-0.4, -0.2) is 31.4 Å². The molecule has 0 aliphatic heterocycles. The zero-order valence-electron chi connectivity index (χ0n) is 12.0. The molecule has 116 valence electrons. The summed E-state index contributed by atoms with van der Waals surface area (Å²) in [6.07, 6.45) is 0. The van der Waals surface area contributed by atoms with Crippen molar-refractivity contribution < 1.29 is 18.4 Å². The number of halogens is 2. The first-order valence-corrected chi connectivity index (χ1v) is 6.65. The van der Waals surface area contributed by atoms with Gasteiger partial charge in [0, 0.05) is 24.2 Å². The Balaban J connectivity index is 2.40. The lowest BCUT2D eigenvalue weighted by molar-refractivity contribution is -0.125. The average Bonchev–Trinajstić information content (AvgIpc) is 2.43. The van der Waals surface area contributed by atoms with E-state index in [2.05, 4.69) is 16.0 Å². The Morgan fingerprint density at radius 2 is 1.81 bits per heavy atom. The highest BCUT2D eigenvalue weighted by molar-refractivity contribution is 5.85. The van der Waals surface area contributed by atoms with Gasteiger partial charge in [-0.3, -0.25) is 9.59 Å². The SMILES string of the molecule is CCNC(=O)CNC(=O)CN[C@H](C)c1ccc(F)cc1F. The first kappa shape index (κ1) is 17.0. The molecule has 0 spiro atoms. The molecule has 0 saturated heterocycles. The largest absolute Gasteiger partial charge is 0.355 e. The van der Waals surface area contributed by atoms with Crippen LogP contribution in [0, 0.1) is 11.6 Å². The molecule has 1 aromatic rings. The van der Waals surface area contributed by atoms with Crippen LogP contribution in [0.4, 0.5) is 8.78 Å². The molecule has 0 heterocycles. The number of nitrogens with one attached hydrogen (secondary N) is 3. The van der Waals surface area contributed by atoms with Gasteiger partial charge in [0.25, 0.3) is 0 Å². The number of hydrogen-bond donors (Lipinski definition) is 3. The van der Waals surface area contributed by atoms with E-state index in [-0.39, 0.29) is 30.5 Å². The topological polar surface area (TPSA) is 70.2 Å². The summed E-state index contributed by atoms with van der Waals surface area (Å²) in [7, 11) is 0. The van der Waals surface area contributed by atoms with Gasteiger partial charge in [-0.1, -0.05) is 6.07 Å². The van der Waals surface area contributed by atoms with E-state index in [1.54, 1.807) is 13.8 Å². The van der Waals surface area contributed by atoms with E-state index >= 15 is 0 Å². The molecule has 7 heteroatoms. The molecular formula is C14H19F2N3O2. The van der Waals surface area contributed by atoms with E-state index in [0.29, 0.717) is 6.54 Å². The smallest absolute Gasteiger partial charge is 0.239 e. The maximum Gasteiger partial charge on any atom is 0.239 e. The number of hydrogen-bond acceptors (Lipinski definition) is 3. The van der Waals surface area contributed by atoms with E-state index < -0.39 is 17.7 Å². The second-order valence-corrected chi connectivity index (χ2v) is 4.50. The van der Waals surface area contributed by atoms with Crippen molar-refractivity contribution in [3.63, 3.8) is 0 Å². The quantitative estimate of drug-likeness (QED) is 0.699. The van der Waals surface area contributed by atoms with Gasteiger partial charge in [-0.05, 0) is 19.9 Å². The summed E-state index contributed by atoms with van der Waals surface area (Å²) in [5.74, 6) is -1.97. The summed E-state index contributed by atoms with van der Waals surface area (Å²) in [6.45, 7) is 3.76. The Bertz CT molecular complexity index is 509. The third kappa shape index (κ3) is 5.86. The minimum Gasteiger partial charge on any atom is -0.355 e. The lowest BCUT2D eigenvalue weighted by Gasteiger charge is -2.15. The van der Waals surface area contributed by atoms with Crippen molar-refractivity contribution in [1.82, 2.24) is 16.0 Å². The highest BCUT2D eigenvalue weighted by Crippen LogP contribution is 2.17. The third-order valence-electron chi connectivity index (χ3n) is 2.82. The van der Waals surface area contributed by atoms with E-state index in [0.717, 1.165) is 12.1 Å². The molecule has 1 aromatic carbocycles. The fourth-order valence-electron chi connectivity index (χ4n) is 1.71. The van der Waals surface area contributed by atoms with Crippen LogP contribution in [-0.2, 0) is 9.59 Å². The summed E-state index contributed by atoms with van der Waals surface area (Å²) in [5, 5.41) is 7.78. The second-order valence-electron chi connectivity index (χ2n) is 4.50. The number of amides is 2. The van der Waals surface area contributed by atoms with Crippen LogP contribution in [0.1, 0.15) is 25.5 Å². The van der Waals surface area contributed by atoms with Crippen molar-refractivity contribution in [1.29, 1.82) is 0 Å². The van der Waals surface area contributed by atoms with E-state index in [9.17, 15) is 18.4 Å². The standard InChI is InChI=1S/C14H19F2N3O2/c1-3-17-13(20)8-19-14(21)7-18-9(2)11-5-4-10(15)6-12(11)16/h4-6,9,18H,3,7-8H2,1-2H3,(H,17,20)(H,19,21)/t9-/m1/s1. The molecule has 0 fully saturated rings. The van der Waals surface area contributed by atoms with Crippen LogP contribution < -0.4 is 16.0 Å². The maximum absolute atomic E-state index is 13.5. The van der Waals surface area contributed by atoms with Crippen molar-refractivity contribution in [2.45, 2.75) is 19.9 Å². The highest BCUT2D eigenvalue weighted by atomic mass is 19.1. The minimum atomic E-state index is -0.669. The molecule has 3 N–H and O–H groups in total. The van der Waals surface area contributed by atoms with E-state index in [1.807, 2.05) is 0 Å². The summed E-state index contributed by atoms with van der Waals surface area (Å²) < 4.78 is 26.3. The molecule has 1 rings (SSSR count). The van der Waals surface area contributed by atoms with Gasteiger partial charge < -0.3 is 16.0 Å². The molecule has 0 aromatic heterocycles. The predicted octanol–water partition coefficient (Wildman–Crippen LogP) is 0.868. The highest BCUT2D eigenvalue weighted by Gasteiger charge is 2.13. The Kier molecular flexibility index (Phi) is 6.74. The number of rotatable bonds is 7. The van der Waals surface area contributed by atoms with Crippen LogP contribution in [0.5, 0.6) is 0 Å². The van der Waals surface area contributed by atoms with E-state index in [1.165, 1.54) is 6.07 Å². The van der Waals surface area contributed by atoms with Crippen molar-refractivity contribution >= 4 is 11.8 Å². The Hall–Kier alpha value is -2.02. The van der Waals surface area contributed by atoms with Gasteiger partial charge >= 0.3 is 0 Å². The molecule has 0 aliphatic rings. The molecule has 1 atom stereocenters. The van der Waals surface area contributed by atoms with Crippen molar-refractivity contribution in [2.75, 3.05) is 19.6 Å². The third-order valence-corrected chi connectivity index (χ3v) is 2.82. The van der Waals surface area contributed by atoms with Crippen molar-refractivity contribution in [2.24, 2.45) is 0 Å². The van der Waals surface area contributed by atoms with Crippen LogP contribution >= 0.6 is 0 Å². The summed E-state index contributed by atoms with van der Waals surface area (Å²) >= 11 is 0. The Morgan fingerprint density at radius 3 is 2.43 bits per heavy atom. The molecule has 0 aliphatic carbocycles. The molecule has 21 heavy (non-hydrogen) atoms. The fraction of sp³-hybridized carbons (Fsp3) is 0.429. The molecule has 0 radical (unpaired) electrons. The summed E-state index contributed by atoms with van der Waals surface area (Å²) in [5.41, 5.74) is 0.271. The first-order chi connectivity index (χ1) is 9.93. The molecule has 2 amide bonds. The van der Waals surface area contributed by atoms with Gasteiger partial charge in [-0.2, -0.15) is 0 Å². The zero-order chi connectivity index (χ0) is 15.8. The van der Waals surface area contributed by atoms with Gasteiger partial charge in [-0.15, -0.1) is 0 Å². The molecule has 0 bridgehead atoms. The fourth-order valence-corrected chi connectivity index (χ4v) is 1.71. The van der Waals surface area contributed by atoms with Crippen LogP contribution in [0.2, 0.25) is 0 Å². The van der Waals surface area contributed by atoms with Crippen molar-refractivity contribution in [3.05, 3.63) is 35.4 Å². The summed E-state index contributed by atoms with van der Waals surface area (Å²) in [6, 6.07) is 2.82. The van der Waals surface area contributed by atoms with Crippen LogP contribution in [0.25, 0.3) is 0 Å². The number of carbonyl (C=O) groups excluding carboxylic acids is 2. The number of benzene rings is 1. The first-order valence-electron chi connectivity index (χ1n) is 6.65. The number of likely N-dealkylation sites (N-methyl/N-ethyl adjacent to an activating group) is 1. The number of carbonyl (C=O) groups is 2. The molecule has 5 nitrogen and oxygen atoms in total. The lowest BCUT2D eigenvalue weighted by Crippen LogP contribution is -2.41. The van der Waals surface area contributed by atoms with Gasteiger partial charge in [0.15, 0.2) is 0 Å².